The van der Waals surface area contributed by atoms with Crippen LogP contribution in [0.25, 0.3) is 10.8 Å². The van der Waals surface area contributed by atoms with E-state index in [-0.39, 0.29) is 12.2 Å². The molecule has 1 N–H and O–H groups in total. The lowest BCUT2D eigenvalue weighted by Gasteiger charge is -2.39. The summed E-state index contributed by atoms with van der Waals surface area (Å²) in [5.41, 5.74) is 0.245. The molecule has 2 atom stereocenters. The van der Waals surface area contributed by atoms with E-state index in [1.165, 1.54) is 10.8 Å². The maximum atomic E-state index is 11.0. The highest BCUT2D eigenvalue weighted by atomic mass is 16.5. The minimum atomic E-state index is -0.763. The van der Waals surface area contributed by atoms with E-state index in [1.54, 1.807) is 0 Å². The van der Waals surface area contributed by atoms with Gasteiger partial charge in [0, 0.05) is 12.8 Å². The van der Waals surface area contributed by atoms with Crippen molar-refractivity contribution in [2.75, 3.05) is 0 Å². The lowest BCUT2D eigenvalue weighted by molar-refractivity contribution is -0.135. The summed E-state index contributed by atoms with van der Waals surface area (Å²) < 4.78 is 5.73. The summed E-state index contributed by atoms with van der Waals surface area (Å²) in [7, 11) is 0. The van der Waals surface area contributed by atoms with Gasteiger partial charge in [0.05, 0.1) is 17.8 Å². The molecule has 0 radical (unpaired) electrons. The summed E-state index contributed by atoms with van der Waals surface area (Å²) in [5.74, 6) is 0. The molecule has 1 fully saturated rings. The first kappa shape index (κ1) is 12.6. The van der Waals surface area contributed by atoms with Crippen molar-refractivity contribution in [3.8, 4) is 0 Å². The second kappa shape index (κ2) is 4.62. The van der Waals surface area contributed by atoms with E-state index in [2.05, 4.69) is 24.3 Å². The van der Waals surface area contributed by atoms with Gasteiger partial charge in [0.15, 0.2) is 0 Å². The highest BCUT2D eigenvalue weighted by Gasteiger charge is 2.38. The van der Waals surface area contributed by atoms with Gasteiger partial charge in [-0.2, -0.15) is 0 Å². The Morgan fingerprint density at radius 2 is 1.63 bits per heavy atom. The van der Waals surface area contributed by atoms with Gasteiger partial charge < -0.3 is 9.84 Å². The maximum absolute atomic E-state index is 11.0. The molecular formula is C17H20O2. The van der Waals surface area contributed by atoms with Crippen molar-refractivity contribution < 1.29 is 9.84 Å². The first-order chi connectivity index (χ1) is 9.07. The van der Waals surface area contributed by atoms with Crippen LogP contribution in [-0.2, 0) is 10.3 Å². The third-order valence-corrected chi connectivity index (χ3v) is 4.00. The molecule has 3 rings (SSSR count). The van der Waals surface area contributed by atoms with Crippen LogP contribution in [0.3, 0.4) is 0 Å². The highest BCUT2D eigenvalue weighted by molar-refractivity contribution is 5.83. The van der Waals surface area contributed by atoms with Gasteiger partial charge in [-0.3, -0.25) is 0 Å². The van der Waals surface area contributed by atoms with Crippen LogP contribution >= 0.6 is 0 Å². The van der Waals surface area contributed by atoms with Crippen molar-refractivity contribution >= 4 is 10.8 Å². The minimum Gasteiger partial charge on any atom is -0.385 e. The molecule has 19 heavy (non-hydrogen) atoms. The predicted molar refractivity (Wildman–Crippen MR) is 77.1 cm³/mol. The van der Waals surface area contributed by atoms with E-state index in [0.717, 1.165) is 5.56 Å². The molecule has 0 aliphatic carbocycles. The Morgan fingerprint density at radius 1 is 1.00 bits per heavy atom. The van der Waals surface area contributed by atoms with Crippen LogP contribution in [-0.4, -0.2) is 17.3 Å². The van der Waals surface area contributed by atoms with E-state index in [1.807, 2.05) is 32.0 Å². The molecule has 0 bridgehead atoms. The Labute approximate surface area is 114 Å². The third-order valence-electron chi connectivity index (χ3n) is 4.00. The van der Waals surface area contributed by atoms with E-state index < -0.39 is 5.60 Å². The smallest absolute Gasteiger partial charge is 0.0945 e. The zero-order chi connectivity index (χ0) is 13.5. The van der Waals surface area contributed by atoms with Crippen molar-refractivity contribution in [3.05, 3.63) is 48.0 Å². The minimum absolute atomic E-state index is 0.0974. The Bertz CT molecular complexity index is 581. The SMILES string of the molecule is CC1CC(O)(c2ccc3ccccc3c2)CC(C)O1. The maximum Gasteiger partial charge on any atom is 0.0945 e. The fourth-order valence-corrected chi connectivity index (χ4v) is 3.24. The van der Waals surface area contributed by atoms with Gasteiger partial charge in [0.1, 0.15) is 0 Å². The summed E-state index contributed by atoms with van der Waals surface area (Å²) in [5, 5.41) is 13.4. The second-order valence-corrected chi connectivity index (χ2v) is 5.76. The van der Waals surface area contributed by atoms with Gasteiger partial charge in [-0.05, 0) is 36.2 Å². The molecule has 2 nitrogen and oxygen atoms in total. The average Bonchev–Trinajstić information content (AvgIpc) is 2.36. The summed E-state index contributed by atoms with van der Waals surface area (Å²) in [4.78, 5) is 0. The lowest BCUT2D eigenvalue weighted by atomic mass is 9.81. The van der Waals surface area contributed by atoms with E-state index in [9.17, 15) is 5.11 Å². The van der Waals surface area contributed by atoms with Crippen molar-refractivity contribution in [1.29, 1.82) is 0 Å². The van der Waals surface area contributed by atoms with Crippen molar-refractivity contribution in [3.63, 3.8) is 0 Å². The van der Waals surface area contributed by atoms with Crippen molar-refractivity contribution in [2.24, 2.45) is 0 Å². The molecule has 1 aliphatic rings. The number of ether oxygens (including phenoxy) is 1. The van der Waals surface area contributed by atoms with Gasteiger partial charge in [0.2, 0.25) is 0 Å². The number of hydrogen-bond donors (Lipinski definition) is 1. The number of aliphatic hydroxyl groups is 1. The molecule has 1 saturated heterocycles. The Morgan fingerprint density at radius 3 is 2.32 bits per heavy atom. The Kier molecular flexibility index (Phi) is 3.08. The van der Waals surface area contributed by atoms with E-state index >= 15 is 0 Å². The van der Waals surface area contributed by atoms with Crippen LogP contribution in [0.2, 0.25) is 0 Å². The normalized spacial score (nSPS) is 31.5. The molecular weight excluding hydrogens is 236 g/mol. The lowest BCUT2D eigenvalue weighted by Crippen LogP contribution is -2.41. The van der Waals surface area contributed by atoms with Gasteiger partial charge in [-0.25, -0.2) is 0 Å². The van der Waals surface area contributed by atoms with Crippen LogP contribution in [0.4, 0.5) is 0 Å². The van der Waals surface area contributed by atoms with Crippen LogP contribution in [0, 0.1) is 0 Å². The first-order valence-corrected chi connectivity index (χ1v) is 6.94. The molecule has 1 aliphatic heterocycles. The zero-order valence-electron chi connectivity index (χ0n) is 11.5. The molecule has 2 aromatic carbocycles. The summed E-state index contributed by atoms with van der Waals surface area (Å²) in [6, 6.07) is 14.5. The Hall–Kier alpha value is -1.38. The quantitative estimate of drug-likeness (QED) is 0.844. The molecule has 0 saturated carbocycles. The summed E-state index contributed by atoms with van der Waals surface area (Å²) in [6.45, 7) is 4.06. The van der Waals surface area contributed by atoms with Crippen molar-refractivity contribution in [2.45, 2.75) is 44.5 Å². The molecule has 0 aromatic heterocycles. The topological polar surface area (TPSA) is 29.5 Å². The summed E-state index contributed by atoms with van der Waals surface area (Å²) in [6.07, 6.45) is 1.52. The van der Waals surface area contributed by atoms with Crippen LogP contribution in [0.15, 0.2) is 42.5 Å². The number of benzene rings is 2. The molecule has 1 heterocycles. The van der Waals surface area contributed by atoms with E-state index in [4.69, 9.17) is 4.74 Å². The fourth-order valence-electron chi connectivity index (χ4n) is 3.24. The predicted octanol–water partition coefficient (Wildman–Crippen LogP) is 3.61. The van der Waals surface area contributed by atoms with Crippen molar-refractivity contribution in [1.82, 2.24) is 0 Å². The first-order valence-electron chi connectivity index (χ1n) is 6.94. The average molecular weight is 256 g/mol. The largest absolute Gasteiger partial charge is 0.385 e. The zero-order valence-corrected chi connectivity index (χ0v) is 11.5. The van der Waals surface area contributed by atoms with Crippen LogP contribution in [0.1, 0.15) is 32.3 Å². The molecule has 2 heteroatoms. The number of hydrogen-bond acceptors (Lipinski definition) is 2. The third kappa shape index (κ3) is 2.38. The van der Waals surface area contributed by atoms with Gasteiger partial charge in [-0.1, -0.05) is 36.4 Å². The summed E-state index contributed by atoms with van der Waals surface area (Å²) >= 11 is 0. The number of fused-ring (bicyclic) bond motifs is 1. The van der Waals surface area contributed by atoms with Gasteiger partial charge >= 0.3 is 0 Å². The molecule has 0 spiro atoms. The second-order valence-electron chi connectivity index (χ2n) is 5.76. The molecule has 2 aromatic rings. The highest BCUT2D eigenvalue weighted by Crippen LogP contribution is 2.38. The molecule has 100 valence electrons. The van der Waals surface area contributed by atoms with Gasteiger partial charge in [-0.15, -0.1) is 0 Å². The number of rotatable bonds is 1. The van der Waals surface area contributed by atoms with Crippen LogP contribution in [0.5, 0.6) is 0 Å². The molecule has 0 amide bonds. The molecule has 2 unspecified atom stereocenters. The fraction of sp³-hybridized carbons (Fsp3) is 0.412. The monoisotopic (exact) mass is 256 g/mol. The van der Waals surface area contributed by atoms with Gasteiger partial charge in [0.25, 0.3) is 0 Å². The standard InChI is InChI=1S/C17H20O2/c1-12-10-17(18,11-13(2)19-12)16-8-7-14-5-3-4-6-15(14)9-16/h3-9,12-13,18H,10-11H2,1-2H3. The van der Waals surface area contributed by atoms with E-state index in [0.29, 0.717) is 12.8 Å². The van der Waals surface area contributed by atoms with Crippen LogP contribution < -0.4 is 0 Å². The Balaban J connectivity index is 2.02.